The summed E-state index contributed by atoms with van der Waals surface area (Å²) < 4.78 is 0. The van der Waals surface area contributed by atoms with Crippen molar-refractivity contribution in [1.82, 2.24) is 10.2 Å². The second-order valence-electron chi connectivity index (χ2n) is 6.70. The number of hydrogen-bond acceptors (Lipinski definition) is 5. The first-order valence-corrected chi connectivity index (χ1v) is 8.52. The van der Waals surface area contributed by atoms with Gasteiger partial charge in [0.15, 0.2) is 0 Å². The summed E-state index contributed by atoms with van der Waals surface area (Å²) in [5.41, 5.74) is 0.319. The van der Waals surface area contributed by atoms with Gasteiger partial charge in [-0.05, 0) is 25.0 Å². The monoisotopic (exact) mass is 333 g/mol. The zero-order valence-corrected chi connectivity index (χ0v) is 13.6. The summed E-state index contributed by atoms with van der Waals surface area (Å²) in [5, 5.41) is 23.8. The topological polar surface area (TPSA) is 95.7 Å². The molecule has 1 aromatic rings. The van der Waals surface area contributed by atoms with Crippen molar-refractivity contribution < 1.29 is 14.8 Å². The van der Waals surface area contributed by atoms with Crippen LogP contribution >= 0.6 is 0 Å². The maximum Gasteiger partial charge on any atom is 0.269 e. The van der Waals surface area contributed by atoms with Crippen molar-refractivity contribution in [3.8, 4) is 0 Å². The fraction of sp³-hybridized carbons (Fsp3) is 0.588. The molecule has 2 N–H and O–H groups in total. The lowest BCUT2D eigenvalue weighted by Gasteiger charge is -2.30. The van der Waals surface area contributed by atoms with Crippen LogP contribution in [0.15, 0.2) is 24.3 Å². The van der Waals surface area contributed by atoms with Crippen molar-refractivity contribution in [1.29, 1.82) is 0 Å². The third-order valence-corrected chi connectivity index (χ3v) is 5.07. The molecule has 0 radical (unpaired) electrons. The van der Waals surface area contributed by atoms with E-state index in [1.54, 1.807) is 0 Å². The van der Waals surface area contributed by atoms with E-state index in [9.17, 15) is 20.0 Å². The SMILES string of the molecule is O=C(N[C@@H]1CN(C2CCCCC2)C[C@H]1O)c1ccc([N+](=O)[O-])cc1. The first kappa shape index (κ1) is 16.9. The van der Waals surface area contributed by atoms with Crippen LogP contribution in [0.25, 0.3) is 0 Å². The number of nitrogens with zero attached hydrogens (tertiary/aromatic N) is 2. The predicted molar refractivity (Wildman–Crippen MR) is 88.8 cm³/mol. The lowest BCUT2D eigenvalue weighted by Crippen LogP contribution is -2.43. The minimum absolute atomic E-state index is 0.0454. The van der Waals surface area contributed by atoms with Crippen LogP contribution in [-0.2, 0) is 0 Å². The predicted octanol–water partition coefficient (Wildman–Crippen LogP) is 1.70. The molecule has 1 aromatic carbocycles. The number of aliphatic hydroxyl groups excluding tert-OH is 1. The third kappa shape index (κ3) is 3.73. The molecule has 7 nitrogen and oxygen atoms in total. The highest BCUT2D eigenvalue weighted by atomic mass is 16.6. The van der Waals surface area contributed by atoms with Gasteiger partial charge in [-0.25, -0.2) is 0 Å². The van der Waals surface area contributed by atoms with Gasteiger partial charge < -0.3 is 10.4 Å². The number of hydrogen-bond donors (Lipinski definition) is 2. The normalized spacial score (nSPS) is 25.5. The summed E-state index contributed by atoms with van der Waals surface area (Å²) in [5.74, 6) is -0.306. The standard InChI is InChI=1S/C17H23N3O4/c21-16-11-19(13-4-2-1-3-5-13)10-15(16)18-17(22)12-6-8-14(9-7-12)20(23)24/h6-9,13,15-16,21H,1-5,10-11H2,(H,18,22)/t15-,16-/m1/s1. The second kappa shape index (κ2) is 7.27. The molecule has 24 heavy (non-hydrogen) atoms. The molecule has 1 aliphatic carbocycles. The average molecular weight is 333 g/mol. The van der Waals surface area contributed by atoms with E-state index < -0.39 is 11.0 Å². The number of amides is 1. The number of nitrogens with one attached hydrogen (secondary N) is 1. The molecule has 2 fully saturated rings. The van der Waals surface area contributed by atoms with Gasteiger partial charge in [-0.15, -0.1) is 0 Å². The Morgan fingerprint density at radius 1 is 1.17 bits per heavy atom. The molecular weight excluding hydrogens is 310 g/mol. The Morgan fingerprint density at radius 2 is 1.83 bits per heavy atom. The Morgan fingerprint density at radius 3 is 2.46 bits per heavy atom. The minimum atomic E-state index is -0.575. The fourth-order valence-corrected chi connectivity index (χ4v) is 3.69. The van der Waals surface area contributed by atoms with E-state index in [2.05, 4.69) is 10.2 Å². The van der Waals surface area contributed by atoms with E-state index in [-0.39, 0.29) is 17.6 Å². The van der Waals surface area contributed by atoms with Crippen LogP contribution in [0.1, 0.15) is 42.5 Å². The minimum Gasteiger partial charge on any atom is -0.390 e. The third-order valence-electron chi connectivity index (χ3n) is 5.07. The highest BCUT2D eigenvalue weighted by Crippen LogP contribution is 2.26. The van der Waals surface area contributed by atoms with E-state index in [4.69, 9.17) is 0 Å². The van der Waals surface area contributed by atoms with Crippen LogP contribution in [0.2, 0.25) is 0 Å². The van der Waals surface area contributed by atoms with Gasteiger partial charge in [-0.2, -0.15) is 0 Å². The molecule has 0 bridgehead atoms. The van der Waals surface area contributed by atoms with Crippen LogP contribution in [0, 0.1) is 10.1 Å². The largest absolute Gasteiger partial charge is 0.390 e. The van der Waals surface area contributed by atoms with Gasteiger partial charge in [0.25, 0.3) is 11.6 Å². The Hall–Kier alpha value is -1.99. The highest BCUT2D eigenvalue weighted by molar-refractivity contribution is 5.94. The molecule has 1 saturated heterocycles. The number of aliphatic hydroxyl groups is 1. The first-order chi connectivity index (χ1) is 11.5. The number of β-amino-alcohol motifs (C(OH)–C–C–N with tert-alkyl or cyclic N) is 1. The Labute approximate surface area is 140 Å². The molecule has 2 atom stereocenters. The number of nitro benzene ring substituents is 1. The van der Waals surface area contributed by atoms with E-state index in [0.29, 0.717) is 24.7 Å². The molecule has 2 aliphatic rings. The molecule has 1 saturated carbocycles. The summed E-state index contributed by atoms with van der Waals surface area (Å²) in [6.45, 7) is 1.25. The molecule has 0 spiro atoms. The maximum absolute atomic E-state index is 12.3. The lowest BCUT2D eigenvalue weighted by molar-refractivity contribution is -0.384. The zero-order valence-electron chi connectivity index (χ0n) is 13.6. The average Bonchev–Trinajstić information content (AvgIpc) is 2.96. The first-order valence-electron chi connectivity index (χ1n) is 8.52. The van der Waals surface area contributed by atoms with Crippen molar-refractivity contribution in [2.24, 2.45) is 0 Å². The number of non-ortho nitro benzene ring substituents is 1. The van der Waals surface area contributed by atoms with Gasteiger partial charge in [0.2, 0.25) is 0 Å². The van der Waals surface area contributed by atoms with Crippen LogP contribution in [-0.4, -0.2) is 52.1 Å². The van der Waals surface area contributed by atoms with Crippen molar-refractivity contribution >= 4 is 11.6 Å². The molecule has 3 rings (SSSR count). The molecule has 1 amide bonds. The van der Waals surface area contributed by atoms with Crippen LogP contribution in [0.5, 0.6) is 0 Å². The van der Waals surface area contributed by atoms with Crippen LogP contribution in [0.3, 0.4) is 0 Å². The van der Waals surface area contributed by atoms with Crippen molar-refractivity contribution in [2.45, 2.75) is 50.3 Å². The zero-order chi connectivity index (χ0) is 17.1. The van der Waals surface area contributed by atoms with E-state index >= 15 is 0 Å². The molecule has 0 unspecified atom stereocenters. The summed E-state index contributed by atoms with van der Waals surface area (Å²) in [7, 11) is 0. The van der Waals surface area contributed by atoms with Crippen molar-refractivity contribution in [3.05, 3.63) is 39.9 Å². The lowest BCUT2D eigenvalue weighted by atomic mass is 9.94. The van der Waals surface area contributed by atoms with Gasteiger partial charge in [0, 0.05) is 36.8 Å². The van der Waals surface area contributed by atoms with Crippen LogP contribution in [0.4, 0.5) is 5.69 Å². The Balaban J connectivity index is 1.58. The smallest absolute Gasteiger partial charge is 0.269 e. The van der Waals surface area contributed by atoms with Gasteiger partial charge >= 0.3 is 0 Å². The second-order valence-corrected chi connectivity index (χ2v) is 6.70. The van der Waals surface area contributed by atoms with Gasteiger partial charge in [-0.3, -0.25) is 19.8 Å². The number of rotatable bonds is 4. The fourth-order valence-electron chi connectivity index (χ4n) is 3.69. The van der Waals surface area contributed by atoms with Gasteiger partial charge in [0.1, 0.15) is 0 Å². The quantitative estimate of drug-likeness (QED) is 0.646. The summed E-state index contributed by atoms with van der Waals surface area (Å²) in [6.07, 6.45) is 5.50. The number of carbonyl (C=O) groups is 1. The molecule has 7 heteroatoms. The molecule has 1 aliphatic heterocycles. The summed E-state index contributed by atoms with van der Waals surface area (Å²) in [6, 6.07) is 5.72. The van der Waals surface area contributed by atoms with Gasteiger partial charge in [0.05, 0.1) is 17.1 Å². The summed E-state index contributed by atoms with van der Waals surface area (Å²) in [4.78, 5) is 24.7. The van der Waals surface area contributed by atoms with Crippen molar-refractivity contribution in [2.75, 3.05) is 13.1 Å². The highest BCUT2D eigenvalue weighted by Gasteiger charge is 2.36. The van der Waals surface area contributed by atoms with E-state index in [0.717, 1.165) is 12.8 Å². The molecule has 0 aromatic heterocycles. The summed E-state index contributed by atoms with van der Waals surface area (Å²) >= 11 is 0. The number of carbonyl (C=O) groups excluding carboxylic acids is 1. The van der Waals surface area contributed by atoms with Crippen LogP contribution < -0.4 is 5.32 Å². The number of likely N-dealkylation sites (tertiary alicyclic amines) is 1. The molecular formula is C17H23N3O4. The number of benzene rings is 1. The molecule has 130 valence electrons. The number of nitro groups is 1. The van der Waals surface area contributed by atoms with Crippen molar-refractivity contribution in [3.63, 3.8) is 0 Å². The molecule has 1 heterocycles. The maximum atomic E-state index is 12.3. The van der Waals surface area contributed by atoms with Gasteiger partial charge in [-0.1, -0.05) is 19.3 Å². The Bertz CT molecular complexity index is 598. The van der Waals surface area contributed by atoms with E-state index in [1.807, 2.05) is 0 Å². The van der Waals surface area contributed by atoms with E-state index in [1.165, 1.54) is 43.5 Å². The Kier molecular flexibility index (Phi) is 5.11.